The Hall–Kier alpha value is -1.36. The molecule has 1 amide bonds. The van der Waals surface area contributed by atoms with Gasteiger partial charge in [0.15, 0.2) is 0 Å². The van der Waals surface area contributed by atoms with Crippen molar-refractivity contribution in [3.63, 3.8) is 0 Å². The Morgan fingerprint density at radius 3 is 2.70 bits per heavy atom. The minimum Gasteiger partial charge on any atom is -0.481 e. The van der Waals surface area contributed by atoms with Crippen LogP contribution in [0.25, 0.3) is 0 Å². The van der Waals surface area contributed by atoms with Crippen LogP contribution < -0.4 is 5.32 Å². The first-order valence-corrected chi connectivity index (χ1v) is 7.86. The van der Waals surface area contributed by atoms with E-state index in [4.69, 9.17) is 5.11 Å². The maximum Gasteiger partial charge on any atom is 0.303 e. The van der Waals surface area contributed by atoms with Crippen molar-refractivity contribution in [2.24, 2.45) is 11.8 Å². The van der Waals surface area contributed by atoms with Crippen molar-refractivity contribution in [2.45, 2.75) is 39.5 Å². The summed E-state index contributed by atoms with van der Waals surface area (Å²) in [4.78, 5) is 23.8. The molecule has 0 saturated carbocycles. The lowest BCUT2D eigenvalue weighted by atomic mass is 9.94. The van der Waals surface area contributed by atoms with Gasteiger partial charge in [-0.25, -0.2) is 0 Å². The number of carbonyl (C=O) groups excluding carboxylic acids is 1. The van der Waals surface area contributed by atoms with Crippen molar-refractivity contribution in [1.82, 2.24) is 5.32 Å². The van der Waals surface area contributed by atoms with Crippen molar-refractivity contribution in [3.05, 3.63) is 22.4 Å². The summed E-state index contributed by atoms with van der Waals surface area (Å²) in [5, 5.41) is 13.7. The molecule has 5 heteroatoms. The highest BCUT2D eigenvalue weighted by molar-refractivity contribution is 7.09. The molecule has 4 nitrogen and oxygen atoms in total. The quantitative estimate of drug-likeness (QED) is 0.736. The molecular formula is C15H23NO3S. The van der Waals surface area contributed by atoms with Crippen LogP contribution >= 0.6 is 11.3 Å². The number of amides is 1. The molecule has 0 bridgehead atoms. The molecule has 0 aliphatic rings. The number of aryl methyl sites for hydroxylation is 1. The number of aliphatic carboxylic acids is 1. The van der Waals surface area contributed by atoms with E-state index in [1.807, 2.05) is 17.5 Å². The van der Waals surface area contributed by atoms with E-state index >= 15 is 0 Å². The number of thiophene rings is 1. The van der Waals surface area contributed by atoms with Crippen LogP contribution in [-0.2, 0) is 16.0 Å². The summed E-state index contributed by atoms with van der Waals surface area (Å²) in [5.74, 6) is -0.360. The normalized spacial score (nSPS) is 12.3. The van der Waals surface area contributed by atoms with E-state index < -0.39 is 5.97 Å². The molecule has 20 heavy (non-hydrogen) atoms. The number of rotatable bonds is 9. The highest BCUT2D eigenvalue weighted by atomic mass is 32.1. The SMILES string of the molecule is CC(C)CC(CNC(=O)CCc1cccs1)CC(=O)O. The molecule has 1 aromatic heterocycles. The van der Waals surface area contributed by atoms with Gasteiger partial charge in [0.1, 0.15) is 0 Å². The molecule has 112 valence electrons. The highest BCUT2D eigenvalue weighted by Gasteiger charge is 2.16. The van der Waals surface area contributed by atoms with Gasteiger partial charge >= 0.3 is 5.97 Å². The topological polar surface area (TPSA) is 66.4 Å². The third-order valence-corrected chi connectivity index (χ3v) is 3.97. The predicted octanol–water partition coefficient (Wildman–Crippen LogP) is 2.93. The van der Waals surface area contributed by atoms with Crippen LogP contribution in [0.15, 0.2) is 17.5 Å². The Kier molecular flexibility index (Phi) is 7.30. The average molecular weight is 297 g/mol. The molecule has 1 unspecified atom stereocenters. The van der Waals surface area contributed by atoms with Gasteiger partial charge in [0.05, 0.1) is 0 Å². The van der Waals surface area contributed by atoms with Gasteiger partial charge < -0.3 is 10.4 Å². The molecular weight excluding hydrogens is 274 g/mol. The lowest BCUT2D eigenvalue weighted by Gasteiger charge is -2.17. The van der Waals surface area contributed by atoms with E-state index in [0.29, 0.717) is 18.9 Å². The Morgan fingerprint density at radius 2 is 2.15 bits per heavy atom. The second-order valence-corrected chi connectivity index (χ2v) is 6.51. The lowest BCUT2D eigenvalue weighted by molar-refractivity contribution is -0.138. The average Bonchev–Trinajstić information content (AvgIpc) is 2.85. The maximum atomic E-state index is 11.8. The van der Waals surface area contributed by atoms with Gasteiger partial charge in [0.2, 0.25) is 5.91 Å². The lowest BCUT2D eigenvalue weighted by Crippen LogP contribution is -2.31. The highest BCUT2D eigenvalue weighted by Crippen LogP contribution is 2.15. The Balaban J connectivity index is 2.30. The summed E-state index contributed by atoms with van der Waals surface area (Å²) < 4.78 is 0. The molecule has 1 rings (SSSR count). The third-order valence-electron chi connectivity index (χ3n) is 3.03. The van der Waals surface area contributed by atoms with E-state index in [9.17, 15) is 9.59 Å². The molecule has 1 atom stereocenters. The molecule has 0 fully saturated rings. The second-order valence-electron chi connectivity index (χ2n) is 5.48. The van der Waals surface area contributed by atoms with Crippen molar-refractivity contribution in [1.29, 1.82) is 0 Å². The van der Waals surface area contributed by atoms with E-state index in [1.165, 1.54) is 4.88 Å². The van der Waals surface area contributed by atoms with Crippen molar-refractivity contribution in [3.8, 4) is 0 Å². The minimum atomic E-state index is -0.802. The first-order valence-electron chi connectivity index (χ1n) is 6.98. The minimum absolute atomic E-state index is 0.00227. The maximum absolute atomic E-state index is 11.8. The van der Waals surface area contributed by atoms with E-state index in [1.54, 1.807) is 11.3 Å². The molecule has 1 heterocycles. The van der Waals surface area contributed by atoms with Gasteiger partial charge in [0.25, 0.3) is 0 Å². The van der Waals surface area contributed by atoms with Crippen LogP contribution in [0, 0.1) is 11.8 Å². The smallest absolute Gasteiger partial charge is 0.303 e. The summed E-state index contributed by atoms with van der Waals surface area (Å²) >= 11 is 1.65. The van der Waals surface area contributed by atoms with Crippen LogP contribution in [-0.4, -0.2) is 23.5 Å². The molecule has 0 aromatic carbocycles. The second kappa shape index (κ2) is 8.74. The first kappa shape index (κ1) is 16.7. The number of carboxylic acid groups (broad SMARTS) is 1. The molecule has 0 saturated heterocycles. The molecule has 1 aromatic rings. The van der Waals surface area contributed by atoms with Gasteiger partial charge in [0, 0.05) is 24.3 Å². The van der Waals surface area contributed by atoms with E-state index in [-0.39, 0.29) is 18.2 Å². The third kappa shape index (κ3) is 7.28. The predicted molar refractivity (Wildman–Crippen MR) is 80.8 cm³/mol. The van der Waals surface area contributed by atoms with Crippen LogP contribution in [0.4, 0.5) is 0 Å². The fraction of sp³-hybridized carbons (Fsp3) is 0.600. The van der Waals surface area contributed by atoms with Crippen LogP contribution in [0.2, 0.25) is 0 Å². The Bertz CT molecular complexity index is 415. The molecule has 2 N–H and O–H groups in total. The van der Waals surface area contributed by atoms with Gasteiger partial charge in [-0.2, -0.15) is 0 Å². The number of hydrogen-bond donors (Lipinski definition) is 2. The number of carboxylic acids is 1. The monoisotopic (exact) mass is 297 g/mol. The number of nitrogens with one attached hydrogen (secondary N) is 1. The standard InChI is InChI=1S/C15H23NO3S/c1-11(2)8-12(9-15(18)19)10-16-14(17)6-5-13-4-3-7-20-13/h3-4,7,11-12H,5-6,8-10H2,1-2H3,(H,16,17)(H,18,19). The molecule has 0 radical (unpaired) electrons. The summed E-state index contributed by atoms with van der Waals surface area (Å²) in [6.07, 6.45) is 2.14. The number of hydrogen-bond acceptors (Lipinski definition) is 3. The summed E-state index contributed by atoms with van der Waals surface area (Å²) in [7, 11) is 0. The molecule has 0 aliphatic carbocycles. The molecule has 0 aliphatic heterocycles. The fourth-order valence-electron chi connectivity index (χ4n) is 2.19. The Morgan fingerprint density at radius 1 is 1.40 bits per heavy atom. The zero-order valence-corrected chi connectivity index (χ0v) is 12.9. The van der Waals surface area contributed by atoms with Gasteiger partial charge in [-0.1, -0.05) is 19.9 Å². The van der Waals surface area contributed by atoms with Crippen LogP contribution in [0.1, 0.15) is 38.0 Å². The summed E-state index contributed by atoms with van der Waals surface area (Å²) in [5.41, 5.74) is 0. The summed E-state index contributed by atoms with van der Waals surface area (Å²) in [6, 6.07) is 3.99. The van der Waals surface area contributed by atoms with Gasteiger partial charge in [-0.15, -0.1) is 11.3 Å². The largest absolute Gasteiger partial charge is 0.481 e. The zero-order chi connectivity index (χ0) is 15.0. The van der Waals surface area contributed by atoms with Crippen molar-refractivity contribution in [2.75, 3.05) is 6.54 Å². The van der Waals surface area contributed by atoms with Gasteiger partial charge in [-0.3, -0.25) is 9.59 Å². The molecule has 0 spiro atoms. The van der Waals surface area contributed by atoms with Crippen LogP contribution in [0.3, 0.4) is 0 Å². The van der Waals surface area contributed by atoms with Crippen molar-refractivity contribution >= 4 is 23.2 Å². The zero-order valence-electron chi connectivity index (χ0n) is 12.1. The first-order chi connectivity index (χ1) is 9.47. The van der Waals surface area contributed by atoms with Crippen LogP contribution in [0.5, 0.6) is 0 Å². The number of carbonyl (C=O) groups is 2. The summed E-state index contributed by atoms with van der Waals surface area (Å²) in [6.45, 7) is 4.58. The van der Waals surface area contributed by atoms with Gasteiger partial charge in [-0.05, 0) is 36.1 Å². The van der Waals surface area contributed by atoms with E-state index in [2.05, 4.69) is 19.2 Å². The van der Waals surface area contributed by atoms with E-state index in [0.717, 1.165) is 12.8 Å². The fourth-order valence-corrected chi connectivity index (χ4v) is 2.90. The van der Waals surface area contributed by atoms with Crippen molar-refractivity contribution < 1.29 is 14.7 Å². The Labute approximate surface area is 124 Å².